The van der Waals surface area contributed by atoms with Crippen molar-refractivity contribution in [2.24, 2.45) is 0 Å². The number of benzene rings is 1. The minimum atomic E-state index is -1.23. The highest BCUT2D eigenvalue weighted by molar-refractivity contribution is 7.84. The van der Waals surface area contributed by atoms with Crippen LogP contribution in [0.2, 0.25) is 0 Å². The fourth-order valence-electron chi connectivity index (χ4n) is 1.81. The van der Waals surface area contributed by atoms with Crippen LogP contribution < -0.4 is 0 Å². The smallest absolute Gasteiger partial charge is 0.335 e. The number of carboxylic acids is 1. The van der Waals surface area contributed by atoms with Crippen molar-refractivity contribution in [3.05, 3.63) is 53.3 Å². The second kappa shape index (κ2) is 5.18. The lowest BCUT2D eigenvalue weighted by Crippen LogP contribution is -1.99. The van der Waals surface area contributed by atoms with E-state index in [0.717, 1.165) is 10.7 Å². The zero-order valence-corrected chi connectivity index (χ0v) is 11.9. The van der Waals surface area contributed by atoms with Crippen LogP contribution >= 0.6 is 11.3 Å². The summed E-state index contributed by atoms with van der Waals surface area (Å²) in [6.07, 6.45) is 3.76. The number of rotatable bonds is 4. The summed E-state index contributed by atoms with van der Waals surface area (Å²) in [5.41, 5.74) is 0.950. The number of hydrogen-bond acceptors (Lipinski definition) is 4. The Morgan fingerprint density at radius 2 is 2.10 bits per heavy atom. The first-order chi connectivity index (χ1) is 9.63. The minimum Gasteiger partial charge on any atom is -0.478 e. The van der Waals surface area contributed by atoms with Gasteiger partial charge in [-0.25, -0.2) is 9.78 Å². The van der Waals surface area contributed by atoms with E-state index in [9.17, 15) is 9.00 Å². The summed E-state index contributed by atoms with van der Waals surface area (Å²) in [6.45, 7) is 0. The fourth-order valence-corrected chi connectivity index (χ4v) is 3.55. The average molecular weight is 306 g/mol. The summed E-state index contributed by atoms with van der Waals surface area (Å²) in [7, 11) is -1.23. The molecular weight excluding hydrogens is 296 g/mol. The number of thiazole rings is 1. The van der Waals surface area contributed by atoms with Gasteiger partial charge < -0.3 is 5.11 Å². The van der Waals surface area contributed by atoms with Gasteiger partial charge >= 0.3 is 5.97 Å². The monoisotopic (exact) mass is 306 g/mol. The van der Waals surface area contributed by atoms with E-state index in [-0.39, 0.29) is 5.56 Å². The van der Waals surface area contributed by atoms with Gasteiger partial charge in [-0.05, 0) is 24.3 Å². The van der Waals surface area contributed by atoms with Gasteiger partial charge in [0.1, 0.15) is 0 Å². The van der Waals surface area contributed by atoms with E-state index < -0.39 is 16.8 Å². The molecule has 3 aromatic rings. The quantitative estimate of drug-likeness (QED) is 0.803. The van der Waals surface area contributed by atoms with Crippen molar-refractivity contribution >= 4 is 33.1 Å². The summed E-state index contributed by atoms with van der Waals surface area (Å²) in [5, 5.41) is 10.8. The van der Waals surface area contributed by atoms with Crippen molar-refractivity contribution < 1.29 is 14.1 Å². The van der Waals surface area contributed by atoms with Gasteiger partial charge in [0.25, 0.3) is 0 Å². The largest absolute Gasteiger partial charge is 0.478 e. The van der Waals surface area contributed by atoms with Crippen molar-refractivity contribution in [3.8, 4) is 0 Å². The molecule has 1 atom stereocenters. The highest BCUT2D eigenvalue weighted by Crippen LogP contribution is 2.16. The number of aromatic nitrogens is 2. The predicted molar refractivity (Wildman–Crippen MR) is 76.6 cm³/mol. The third-order valence-electron chi connectivity index (χ3n) is 2.79. The molecule has 0 radical (unpaired) electrons. The van der Waals surface area contributed by atoms with Crippen LogP contribution in [0.4, 0.5) is 0 Å². The molecule has 20 heavy (non-hydrogen) atoms. The number of carbonyl (C=O) groups is 1. The number of nitrogens with zero attached hydrogens (tertiary/aromatic N) is 2. The standard InChI is InChI=1S/C13H10N2O3S2/c16-12(17)9-1-3-11(4-2-9)20(18)8-10-7-15-5-6-19-13(15)14-10/h1-7H,8H2,(H,16,17). The second-order valence-corrected chi connectivity index (χ2v) is 6.47. The maximum atomic E-state index is 12.2. The van der Waals surface area contributed by atoms with Crippen LogP contribution in [0, 0.1) is 0 Å². The highest BCUT2D eigenvalue weighted by Gasteiger charge is 2.10. The molecule has 0 bridgehead atoms. The lowest BCUT2D eigenvalue weighted by Gasteiger charge is -2.01. The topological polar surface area (TPSA) is 71.7 Å². The van der Waals surface area contributed by atoms with Crippen molar-refractivity contribution in [3.63, 3.8) is 0 Å². The Morgan fingerprint density at radius 3 is 2.75 bits per heavy atom. The molecule has 3 rings (SSSR count). The number of hydrogen-bond donors (Lipinski definition) is 1. The first kappa shape index (κ1) is 13.0. The second-order valence-electron chi connectivity index (χ2n) is 4.14. The van der Waals surface area contributed by atoms with Gasteiger partial charge in [-0.2, -0.15) is 0 Å². The maximum Gasteiger partial charge on any atom is 0.335 e. The molecule has 1 aromatic carbocycles. The summed E-state index contributed by atoms with van der Waals surface area (Å²) in [5.74, 6) is -0.669. The van der Waals surface area contributed by atoms with Gasteiger partial charge in [0.15, 0.2) is 4.96 Å². The molecule has 2 heterocycles. The van der Waals surface area contributed by atoms with Crippen LogP contribution in [0.1, 0.15) is 16.1 Å². The normalized spacial score (nSPS) is 12.6. The molecule has 7 heteroatoms. The van der Waals surface area contributed by atoms with Crippen molar-refractivity contribution in [1.82, 2.24) is 9.38 Å². The van der Waals surface area contributed by atoms with Crippen molar-refractivity contribution in [1.29, 1.82) is 0 Å². The van der Waals surface area contributed by atoms with Crippen molar-refractivity contribution in [2.45, 2.75) is 10.6 Å². The van der Waals surface area contributed by atoms with Crippen LogP contribution in [0.5, 0.6) is 0 Å². The molecule has 0 saturated heterocycles. The molecule has 1 unspecified atom stereocenters. The molecule has 0 saturated carbocycles. The zero-order valence-electron chi connectivity index (χ0n) is 10.2. The SMILES string of the molecule is O=C(O)c1ccc(S(=O)Cc2cn3ccsc3n2)cc1. The van der Waals surface area contributed by atoms with Crippen LogP contribution in [0.3, 0.4) is 0 Å². The molecule has 0 spiro atoms. The number of carboxylic acid groups (broad SMARTS) is 1. The fraction of sp³-hybridized carbons (Fsp3) is 0.0769. The molecular formula is C13H10N2O3S2. The van der Waals surface area contributed by atoms with E-state index in [2.05, 4.69) is 4.98 Å². The number of aromatic carboxylic acids is 1. The molecule has 0 amide bonds. The van der Waals surface area contributed by atoms with E-state index in [1.807, 2.05) is 22.2 Å². The molecule has 0 fully saturated rings. The Labute approximate surface area is 121 Å². The molecule has 0 aliphatic rings. The molecule has 5 nitrogen and oxygen atoms in total. The third kappa shape index (κ3) is 2.50. The first-order valence-electron chi connectivity index (χ1n) is 5.76. The van der Waals surface area contributed by atoms with E-state index in [1.165, 1.54) is 23.5 Å². The van der Waals surface area contributed by atoms with Crippen molar-refractivity contribution in [2.75, 3.05) is 0 Å². The Balaban J connectivity index is 1.78. The van der Waals surface area contributed by atoms with Crippen LogP contribution in [-0.2, 0) is 16.6 Å². The van der Waals surface area contributed by atoms with Gasteiger partial charge in [0.2, 0.25) is 0 Å². The summed E-state index contributed by atoms with van der Waals surface area (Å²) in [4.78, 5) is 16.6. The lowest BCUT2D eigenvalue weighted by atomic mass is 10.2. The van der Waals surface area contributed by atoms with Crippen LogP contribution in [-0.4, -0.2) is 24.7 Å². The van der Waals surface area contributed by atoms with E-state index >= 15 is 0 Å². The number of fused-ring (bicyclic) bond motifs is 1. The van der Waals surface area contributed by atoms with Crippen LogP contribution in [0.15, 0.2) is 46.9 Å². The Morgan fingerprint density at radius 1 is 1.35 bits per heavy atom. The summed E-state index contributed by atoms with van der Waals surface area (Å²) < 4.78 is 14.1. The molecule has 0 aliphatic carbocycles. The lowest BCUT2D eigenvalue weighted by molar-refractivity contribution is 0.0697. The van der Waals surface area contributed by atoms with Crippen LogP contribution in [0.25, 0.3) is 4.96 Å². The van der Waals surface area contributed by atoms with E-state index in [4.69, 9.17) is 5.11 Å². The average Bonchev–Trinajstić information content (AvgIpc) is 2.99. The number of imidazole rings is 1. The zero-order chi connectivity index (χ0) is 14.1. The van der Waals surface area contributed by atoms with E-state index in [0.29, 0.717) is 10.6 Å². The van der Waals surface area contributed by atoms with Gasteiger partial charge in [0.05, 0.1) is 27.8 Å². The molecule has 102 valence electrons. The maximum absolute atomic E-state index is 12.2. The van der Waals surface area contributed by atoms with Gasteiger partial charge in [-0.15, -0.1) is 11.3 Å². The Hall–Kier alpha value is -1.99. The molecule has 0 aliphatic heterocycles. The molecule has 1 N–H and O–H groups in total. The highest BCUT2D eigenvalue weighted by atomic mass is 32.2. The molecule has 2 aromatic heterocycles. The van der Waals surface area contributed by atoms with Gasteiger partial charge in [-0.1, -0.05) is 0 Å². The third-order valence-corrected chi connectivity index (χ3v) is 4.91. The van der Waals surface area contributed by atoms with E-state index in [1.54, 1.807) is 12.1 Å². The van der Waals surface area contributed by atoms with Gasteiger partial charge in [-0.3, -0.25) is 8.61 Å². The Kier molecular flexibility index (Phi) is 3.37. The predicted octanol–water partition coefficient (Wildman–Crippen LogP) is 2.40. The Bertz CT molecular complexity index is 761. The summed E-state index contributed by atoms with van der Waals surface area (Å²) >= 11 is 1.52. The van der Waals surface area contributed by atoms with Gasteiger partial charge in [0, 0.05) is 22.7 Å². The minimum absolute atomic E-state index is 0.188. The summed E-state index contributed by atoms with van der Waals surface area (Å²) in [6, 6.07) is 6.08. The first-order valence-corrected chi connectivity index (χ1v) is 7.96.